The molecule has 0 atom stereocenters. The highest BCUT2D eigenvalue weighted by Crippen LogP contribution is 2.20. The van der Waals surface area contributed by atoms with Gasteiger partial charge in [-0.2, -0.15) is 0 Å². The molecule has 2 aromatic carbocycles. The molecule has 2 nitrogen and oxygen atoms in total. The van der Waals surface area contributed by atoms with Gasteiger partial charge in [-0.15, -0.1) is 0 Å². The van der Waals surface area contributed by atoms with Gasteiger partial charge in [-0.3, -0.25) is 0 Å². The minimum absolute atomic E-state index is 0.0118. The summed E-state index contributed by atoms with van der Waals surface area (Å²) in [7, 11) is 0. The van der Waals surface area contributed by atoms with Crippen molar-refractivity contribution in [3.05, 3.63) is 93.1 Å². The number of allylic oxidation sites excluding steroid dienone is 2. The van der Waals surface area contributed by atoms with Crippen LogP contribution in [0.15, 0.2) is 57.8 Å². The first kappa shape index (κ1) is 21.0. The summed E-state index contributed by atoms with van der Waals surface area (Å²) < 4.78 is 33.9. The molecular weight excluding hydrogens is 370 g/mol. The third-order valence-corrected chi connectivity index (χ3v) is 5.10. The van der Waals surface area contributed by atoms with Gasteiger partial charge < -0.3 is 4.42 Å². The molecule has 29 heavy (non-hydrogen) atoms. The minimum atomic E-state index is -0.655. The van der Waals surface area contributed by atoms with E-state index >= 15 is 0 Å². The van der Waals surface area contributed by atoms with Gasteiger partial charge in [0.25, 0.3) is 0 Å². The Hall–Kier alpha value is -2.75. The Morgan fingerprint density at radius 3 is 2.48 bits per heavy atom. The lowest BCUT2D eigenvalue weighted by Gasteiger charge is -2.05. The van der Waals surface area contributed by atoms with Crippen LogP contribution in [-0.2, 0) is 19.3 Å². The lowest BCUT2D eigenvalue weighted by atomic mass is 10.0. The van der Waals surface area contributed by atoms with Crippen LogP contribution in [0.2, 0.25) is 0 Å². The van der Waals surface area contributed by atoms with E-state index in [0.29, 0.717) is 29.6 Å². The number of hydrogen-bond acceptors (Lipinski definition) is 2. The Labute approximate surface area is 169 Å². The minimum Gasteiger partial charge on any atom is -0.428 e. The SMILES string of the molecule is CCCCCc1ccc(C/C=C/Cc2ccc3cc(C)oc(=O)c3c2F)cc1F. The molecule has 1 aromatic heterocycles. The van der Waals surface area contributed by atoms with Crippen LogP contribution in [0.25, 0.3) is 10.8 Å². The lowest BCUT2D eigenvalue weighted by molar-refractivity contribution is 0.484. The van der Waals surface area contributed by atoms with Gasteiger partial charge >= 0.3 is 5.63 Å². The fourth-order valence-electron chi connectivity index (χ4n) is 3.48. The van der Waals surface area contributed by atoms with Gasteiger partial charge in [0, 0.05) is 0 Å². The van der Waals surface area contributed by atoms with E-state index in [4.69, 9.17) is 4.42 Å². The maximum atomic E-state index is 14.7. The molecular formula is C25H26F2O2. The fourth-order valence-corrected chi connectivity index (χ4v) is 3.48. The Bertz CT molecular complexity index is 1080. The van der Waals surface area contributed by atoms with E-state index in [-0.39, 0.29) is 11.2 Å². The van der Waals surface area contributed by atoms with Crippen LogP contribution < -0.4 is 5.63 Å². The highest BCUT2D eigenvalue weighted by Gasteiger charge is 2.11. The van der Waals surface area contributed by atoms with Crippen LogP contribution in [0.3, 0.4) is 0 Å². The summed E-state index contributed by atoms with van der Waals surface area (Å²) in [6, 6.07) is 10.5. The molecule has 0 saturated carbocycles. The fraction of sp³-hybridized carbons (Fsp3) is 0.320. The van der Waals surface area contributed by atoms with E-state index in [1.807, 2.05) is 24.3 Å². The van der Waals surface area contributed by atoms with Crippen molar-refractivity contribution in [3.8, 4) is 0 Å². The van der Waals surface area contributed by atoms with E-state index in [0.717, 1.165) is 36.8 Å². The second-order valence-corrected chi connectivity index (χ2v) is 7.41. The molecule has 4 heteroatoms. The molecule has 1 heterocycles. The maximum Gasteiger partial charge on any atom is 0.346 e. The van der Waals surface area contributed by atoms with Crippen molar-refractivity contribution in [2.24, 2.45) is 0 Å². The second kappa shape index (κ2) is 9.64. The first-order valence-corrected chi connectivity index (χ1v) is 10.1. The summed E-state index contributed by atoms with van der Waals surface area (Å²) in [4.78, 5) is 12.0. The molecule has 3 rings (SSSR count). The highest BCUT2D eigenvalue weighted by molar-refractivity contribution is 5.82. The van der Waals surface area contributed by atoms with E-state index in [1.54, 1.807) is 31.2 Å². The summed E-state index contributed by atoms with van der Waals surface area (Å²) >= 11 is 0. The van der Waals surface area contributed by atoms with Crippen molar-refractivity contribution >= 4 is 10.8 Å². The third kappa shape index (κ3) is 5.20. The van der Waals surface area contributed by atoms with Crippen molar-refractivity contribution in [2.75, 3.05) is 0 Å². The van der Waals surface area contributed by atoms with Crippen LogP contribution in [0.5, 0.6) is 0 Å². The van der Waals surface area contributed by atoms with E-state index in [1.165, 1.54) is 0 Å². The van der Waals surface area contributed by atoms with Gasteiger partial charge in [0.1, 0.15) is 22.8 Å². The number of fused-ring (bicyclic) bond motifs is 1. The van der Waals surface area contributed by atoms with Crippen molar-refractivity contribution < 1.29 is 13.2 Å². The normalized spacial score (nSPS) is 11.6. The van der Waals surface area contributed by atoms with Crippen molar-refractivity contribution in [2.45, 2.75) is 52.4 Å². The van der Waals surface area contributed by atoms with E-state index in [9.17, 15) is 13.6 Å². The first-order chi connectivity index (χ1) is 14.0. The summed E-state index contributed by atoms with van der Waals surface area (Å²) in [6.45, 7) is 3.79. The zero-order chi connectivity index (χ0) is 20.8. The predicted octanol–water partition coefficient (Wildman–Crippen LogP) is 6.45. The quantitative estimate of drug-likeness (QED) is 0.323. The Morgan fingerprint density at radius 2 is 1.72 bits per heavy atom. The lowest BCUT2D eigenvalue weighted by Crippen LogP contribution is -2.05. The molecule has 0 bridgehead atoms. The van der Waals surface area contributed by atoms with Crippen LogP contribution in [0, 0.1) is 18.6 Å². The largest absolute Gasteiger partial charge is 0.428 e. The molecule has 0 saturated heterocycles. The summed E-state index contributed by atoms with van der Waals surface area (Å²) in [5.41, 5.74) is 1.42. The molecule has 0 aliphatic carbocycles. The van der Waals surface area contributed by atoms with Gasteiger partial charge in [0.2, 0.25) is 0 Å². The number of rotatable bonds is 8. The maximum absolute atomic E-state index is 14.7. The number of unbranched alkanes of at least 4 members (excludes halogenated alkanes) is 2. The number of hydrogen-bond donors (Lipinski definition) is 0. The molecule has 3 aromatic rings. The predicted molar refractivity (Wildman–Crippen MR) is 113 cm³/mol. The number of benzene rings is 2. The second-order valence-electron chi connectivity index (χ2n) is 7.41. The number of aryl methyl sites for hydroxylation is 2. The molecule has 0 amide bonds. The van der Waals surface area contributed by atoms with Gasteiger partial charge in [-0.1, -0.05) is 56.2 Å². The topological polar surface area (TPSA) is 30.2 Å². The molecule has 152 valence electrons. The van der Waals surface area contributed by atoms with Gasteiger partial charge in [0.05, 0.1) is 0 Å². The smallest absolute Gasteiger partial charge is 0.346 e. The van der Waals surface area contributed by atoms with E-state index < -0.39 is 11.4 Å². The average molecular weight is 396 g/mol. The molecule has 0 unspecified atom stereocenters. The molecule has 0 aliphatic heterocycles. The van der Waals surface area contributed by atoms with Crippen molar-refractivity contribution in [1.29, 1.82) is 0 Å². The average Bonchev–Trinajstić information content (AvgIpc) is 2.68. The standard InChI is InChI=1S/C25H26F2O2/c1-3-4-5-9-19-12-11-18(16-22(19)26)8-6-7-10-20-13-14-21-15-17(2)29-25(28)23(21)24(20)27/h6-7,11-16H,3-5,8-10H2,1-2H3/b7-6+. The summed E-state index contributed by atoms with van der Waals surface area (Å²) in [5.74, 6) is -0.240. The van der Waals surface area contributed by atoms with Crippen molar-refractivity contribution in [1.82, 2.24) is 0 Å². The third-order valence-electron chi connectivity index (χ3n) is 5.10. The Kier molecular flexibility index (Phi) is 6.97. The molecule has 0 aliphatic rings. The zero-order valence-corrected chi connectivity index (χ0v) is 16.9. The Morgan fingerprint density at radius 1 is 0.966 bits per heavy atom. The Balaban J connectivity index is 1.65. The summed E-state index contributed by atoms with van der Waals surface area (Å²) in [5, 5.41) is 0.528. The molecule has 0 fully saturated rings. The first-order valence-electron chi connectivity index (χ1n) is 10.1. The van der Waals surface area contributed by atoms with Gasteiger partial charge in [0.15, 0.2) is 0 Å². The molecule has 0 radical (unpaired) electrons. The van der Waals surface area contributed by atoms with Crippen LogP contribution in [0.1, 0.15) is 48.6 Å². The van der Waals surface area contributed by atoms with Crippen LogP contribution >= 0.6 is 0 Å². The molecule has 0 spiro atoms. The summed E-state index contributed by atoms with van der Waals surface area (Å²) in [6.07, 6.45) is 8.66. The molecule has 0 N–H and O–H groups in total. The number of halogens is 2. The van der Waals surface area contributed by atoms with Crippen LogP contribution in [0.4, 0.5) is 8.78 Å². The highest BCUT2D eigenvalue weighted by atomic mass is 19.1. The zero-order valence-electron chi connectivity index (χ0n) is 16.9. The van der Waals surface area contributed by atoms with Crippen molar-refractivity contribution in [3.63, 3.8) is 0 Å². The van der Waals surface area contributed by atoms with E-state index in [2.05, 4.69) is 6.92 Å². The van der Waals surface area contributed by atoms with Gasteiger partial charge in [-0.05, 0) is 66.8 Å². The van der Waals surface area contributed by atoms with Gasteiger partial charge in [-0.25, -0.2) is 13.6 Å². The monoisotopic (exact) mass is 396 g/mol. The van der Waals surface area contributed by atoms with Crippen LogP contribution in [-0.4, -0.2) is 0 Å².